The van der Waals surface area contributed by atoms with Crippen LogP contribution in [0.5, 0.6) is 0 Å². The van der Waals surface area contributed by atoms with E-state index in [2.05, 4.69) is 33.9 Å². The molecule has 1 aliphatic rings. The van der Waals surface area contributed by atoms with E-state index in [1.165, 1.54) is 12.1 Å². The molecule has 0 aromatic heterocycles. The third-order valence-corrected chi connectivity index (χ3v) is 7.24. The highest BCUT2D eigenvalue weighted by Crippen LogP contribution is 2.34. The van der Waals surface area contributed by atoms with Crippen molar-refractivity contribution in [3.05, 3.63) is 32.8 Å². The van der Waals surface area contributed by atoms with E-state index in [0.717, 1.165) is 23.2 Å². The zero-order valence-corrected chi connectivity index (χ0v) is 13.2. The molecule has 1 aromatic carbocycles. The van der Waals surface area contributed by atoms with Crippen molar-refractivity contribution in [3.63, 3.8) is 0 Å². The molecule has 1 heterocycles. The Kier molecular flexibility index (Phi) is 3.77. The number of nitro benzene ring substituents is 1. The van der Waals surface area contributed by atoms with Crippen LogP contribution in [0.15, 0.2) is 22.7 Å². The van der Waals surface area contributed by atoms with Crippen LogP contribution in [-0.2, 0) is 0 Å². The van der Waals surface area contributed by atoms with Gasteiger partial charge in [0.1, 0.15) is 5.69 Å². The van der Waals surface area contributed by atoms with Crippen LogP contribution < -0.4 is 4.90 Å². The minimum atomic E-state index is -1.05. The van der Waals surface area contributed by atoms with Crippen LogP contribution >= 0.6 is 15.9 Å². The highest BCUT2D eigenvalue weighted by atomic mass is 79.9. The second-order valence-corrected chi connectivity index (χ2v) is 11.8. The number of rotatable bonds is 2. The predicted octanol–water partition coefficient (Wildman–Crippen LogP) is 3.89. The first-order valence-electron chi connectivity index (χ1n) is 6.08. The van der Waals surface area contributed by atoms with Crippen LogP contribution in [0.25, 0.3) is 0 Å². The number of nitro groups is 1. The number of nitrogens with zero attached hydrogens (tertiary/aromatic N) is 2. The summed E-state index contributed by atoms with van der Waals surface area (Å²) in [5.74, 6) is 0. The molecule has 6 heteroatoms. The summed E-state index contributed by atoms with van der Waals surface area (Å²) in [6.07, 6.45) is 0. The van der Waals surface area contributed by atoms with E-state index < -0.39 is 8.07 Å². The molecule has 0 amide bonds. The molecule has 1 aromatic rings. The van der Waals surface area contributed by atoms with Gasteiger partial charge in [-0.15, -0.1) is 0 Å². The van der Waals surface area contributed by atoms with E-state index in [9.17, 15) is 10.1 Å². The molecular formula is C12H17BrN2O2Si. The summed E-state index contributed by atoms with van der Waals surface area (Å²) in [5.41, 5.74) is 0.957. The maximum atomic E-state index is 11.1. The standard InChI is InChI=1S/C12H17BrN2O2Si/c1-18(2)7-5-14(6-8-18)12-9-10(13)3-4-11(12)15(16)17/h3-4,9H,5-8H2,1-2H3. The number of benzene rings is 1. The van der Waals surface area contributed by atoms with Gasteiger partial charge in [0, 0.05) is 23.6 Å². The molecule has 0 aliphatic carbocycles. The highest BCUT2D eigenvalue weighted by Gasteiger charge is 2.30. The van der Waals surface area contributed by atoms with E-state index in [4.69, 9.17) is 0 Å². The molecule has 1 fully saturated rings. The van der Waals surface area contributed by atoms with Gasteiger partial charge < -0.3 is 4.90 Å². The van der Waals surface area contributed by atoms with Gasteiger partial charge in [0.25, 0.3) is 5.69 Å². The first-order valence-corrected chi connectivity index (χ1v) is 10.3. The predicted molar refractivity (Wildman–Crippen MR) is 80.1 cm³/mol. The maximum absolute atomic E-state index is 11.1. The van der Waals surface area contributed by atoms with Gasteiger partial charge in [-0.25, -0.2) is 0 Å². The SMILES string of the molecule is C[Si]1(C)CCN(c2cc(Br)ccc2[N+](=O)[O-])CC1. The van der Waals surface area contributed by atoms with Crippen LogP contribution in [0.2, 0.25) is 25.2 Å². The first-order chi connectivity index (χ1) is 8.39. The van der Waals surface area contributed by atoms with Crippen LogP contribution in [0.3, 0.4) is 0 Å². The summed E-state index contributed by atoms with van der Waals surface area (Å²) < 4.78 is 0.894. The average Bonchev–Trinajstić information content (AvgIpc) is 2.28. The summed E-state index contributed by atoms with van der Waals surface area (Å²) >= 11 is 3.39. The van der Waals surface area contributed by atoms with Crippen LogP contribution in [0.4, 0.5) is 11.4 Å². The lowest BCUT2D eigenvalue weighted by Crippen LogP contribution is -2.43. The maximum Gasteiger partial charge on any atom is 0.292 e. The summed E-state index contributed by atoms with van der Waals surface area (Å²) in [5, 5.41) is 11.1. The third-order valence-electron chi connectivity index (χ3n) is 3.59. The fourth-order valence-electron chi connectivity index (χ4n) is 2.26. The summed E-state index contributed by atoms with van der Waals surface area (Å²) in [6.45, 7) is 6.66. The molecule has 1 saturated heterocycles. The number of hydrogen-bond donors (Lipinski definition) is 0. The first kappa shape index (κ1) is 13.5. The molecule has 0 unspecified atom stereocenters. The zero-order chi connectivity index (χ0) is 13.3. The molecule has 0 atom stereocenters. The quantitative estimate of drug-likeness (QED) is 0.470. The van der Waals surface area contributed by atoms with Crippen molar-refractivity contribution >= 4 is 35.4 Å². The molecule has 0 saturated carbocycles. The van der Waals surface area contributed by atoms with Crippen LogP contribution in [-0.4, -0.2) is 26.1 Å². The Morgan fingerprint density at radius 3 is 2.50 bits per heavy atom. The second-order valence-electron chi connectivity index (χ2n) is 5.54. The Bertz CT molecular complexity index is 469. The zero-order valence-electron chi connectivity index (χ0n) is 10.6. The highest BCUT2D eigenvalue weighted by molar-refractivity contribution is 9.10. The van der Waals surface area contributed by atoms with Gasteiger partial charge in [-0.2, -0.15) is 0 Å². The van der Waals surface area contributed by atoms with Crippen molar-refractivity contribution in [2.45, 2.75) is 25.2 Å². The van der Waals surface area contributed by atoms with Gasteiger partial charge in [-0.05, 0) is 24.2 Å². The number of anilines is 1. The molecule has 2 rings (SSSR count). The Morgan fingerprint density at radius 1 is 1.33 bits per heavy atom. The molecule has 0 spiro atoms. The van der Waals surface area contributed by atoms with Gasteiger partial charge >= 0.3 is 0 Å². The number of halogens is 1. The fraction of sp³-hybridized carbons (Fsp3) is 0.500. The molecule has 4 nitrogen and oxygen atoms in total. The Balaban J connectivity index is 2.28. The van der Waals surface area contributed by atoms with Gasteiger partial charge in [0.2, 0.25) is 0 Å². The average molecular weight is 329 g/mol. The van der Waals surface area contributed by atoms with Crippen molar-refractivity contribution in [3.8, 4) is 0 Å². The summed E-state index contributed by atoms with van der Waals surface area (Å²) in [4.78, 5) is 12.9. The smallest absolute Gasteiger partial charge is 0.292 e. The number of hydrogen-bond acceptors (Lipinski definition) is 3. The van der Waals surface area contributed by atoms with Crippen LogP contribution in [0, 0.1) is 10.1 Å². The van der Waals surface area contributed by atoms with Gasteiger partial charge in [-0.1, -0.05) is 29.0 Å². The molecule has 18 heavy (non-hydrogen) atoms. The van der Waals surface area contributed by atoms with Crippen molar-refractivity contribution in [2.75, 3.05) is 18.0 Å². The Hall–Kier alpha value is -0.883. The Morgan fingerprint density at radius 2 is 1.94 bits per heavy atom. The van der Waals surface area contributed by atoms with E-state index in [1.54, 1.807) is 12.1 Å². The van der Waals surface area contributed by atoms with Gasteiger partial charge in [-0.3, -0.25) is 10.1 Å². The molecule has 1 aliphatic heterocycles. The van der Waals surface area contributed by atoms with E-state index in [0.29, 0.717) is 0 Å². The summed E-state index contributed by atoms with van der Waals surface area (Å²) in [7, 11) is -1.05. The molecule has 0 N–H and O–H groups in total. The monoisotopic (exact) mass is 328 g/mol. The molecule has 98 valence electrons. The van der Waals surface area contributed by atoms with E-state index >= 15 is 0 Å². The van der Waals surface area contributed by atoms with Crippen molar-refractivity contribution in [1.82, 2.24) is 0 Å². The van der Waals surface area contributed by atoms with Crippen molar-refractivity contribution < 1.29 is 4.92 Å². The lowest BCUT2D eigenvalue weighted by Gasteiger charge is -2.36. The molecule has 0 bridgehead atoms. The Labute approximate surface area is 116 Å². The minimum Gasteiger partial charge on any atom is -0.367 e. The normalized spacial score (nSPS) is 18.7. The van der Waals surface area contributed by atoms with Crippen LogP contribution in [0.1, 0.15) is 0 Å². The molecule has 0 radical (unpaired) electrons. The molecular weight excluding hydrogens is 312 g/mol. The lowest BCUT2D eigenvalue weighted by atomic mass is 10.2. The van der Waals surface area contributed by atoms with Gasteiger partial charge in [0.05, 0.1) is 13.0 Å². The summed E-state index contributed by atoms with van der Waals surface area (Å²) in [6, 6.07) is 7.58. The third kappa shape index (κ3) is 2.92. The lowest BCUT2D eigenvalue weighted by molar-refractivity contribution is -0.384. The van der Waals surface area contributed by atoms with E-state index in [-0.39, 0.29) is 10.6 Å². The fourth-order valence-corrected chi connectivity index (χ4v) is 4.61. The largest absolute Gasteiger partial charge is 0.367 e. The van der Waals surface area contributed by atoms with Crippen molar-refractivity contribution in [1.29, 1.82) is 0 Å². The topological polar surface area (TPSA) is 46.4 Å². The van der Waals surface area contributed by atoms with E-state index in [1.807, 2.05) is 6.07 Å². The van der Waals surface area contributed by atoms with Crippen molar-refractivity contribution in [2.24, 2.45) is 0 Å². The van der Waals surface area contributed by atoms with Gasteiger partial charge in [0.15, 0.2) is 0 Å². The second kappa shape index (κ2) is 5.01. The minimum absolute atomic E-state index is 0.208.